The average Bonchev–Trinajstić information content (AvgIpc) is 2.59. The molecule has 0 aliphatic heterocycles. The summed E-state index contributed by atoms with van der Waals surface area (Å²) in [5.74, 6) is 0. The molecule has 0 aromatic heterocycles. The Morgan fingerprint density at radius 2 is 1.74 bits per heavy atom. The second-order valence-corrected chi connectivity index (χ2v) is 14.6. The van der Waals surface area contributed by atoms with Crippen LogP contribution < -0.4 is 0 Å². The van der Waals surface area contributed by atoms with E-state index in [2.05, 4.69) is 77.7 Å². The lowest BCUT2D eigenvalue weighted by atomic mass is 9.63. The molecule has 1 aliphatic rings. The molecule has 2 rings (SSSR count). The molecule has 1 aliphatic carbocycles. The molecule has 1 aromatic rings. The maximum Gasteiger partial charge on any atom is 0.197 e. The largest absolute Gasteiger partial charge is 0.413 e. The van der Waals surface area contributed by atoms with Crippen LogP contribution in [0.15, 0.2) is 42.5 Å². The molecule has 0 spiro atoms. The van der Waals surface area contributed by atoms with E-state index >= 15 is 0 Å². The minimum atomic E-state index is -2.12. The Bertz CT molecular complexity index is 648. The van der Waals surface area contributed by atoms with Crippen LogP contribution in [-0.4, -0.2) is 25.1 Å². The molecule has 1 fully saturated rings. The summed E-state index contributed by atoms with van der Waals surface area (Å²) in [7, 11) is -2.12. The number of hydrogen-bond acceptors (Lipinski definition) is 2. The topological polar surface area (TPSA) is 29.5 Å². The first-order chi connectivity index (χ1) is 12.4. The summed E-state index contributed by atoms with van der Waals surface area (Å²) in [5.41, 5.74) is 0.959. The molecule has 0 radical (unpaired) electrons. The summed E-state index contributed by atoms with van der Waals surface area (Å²) in [6.07, 6.45) is 5.18. The van der Waals surface area contributed by atoms with Crippen LogP contribution in [-0.2, 0) is 9.46 Å². The minimum absolute atomic E-state index is 0.0198. The first kappa shape index (κ1) is 22.4. The van der Waals surface area contributed by atoms with E-state index in [1.54, 1.807) is 0 Å². The molecule has 0 unspecified atom stereocenters. The van der Waals surface area contributed by atoms with Crippen molar-refractivity contribution < 1.29 is 9.53 Å². The van der Waals surface area contributed by atoms with E-state index in [1.807, 2.05) is 6.92 Å². The van der Waals surface area contributed by atoms with Gasteiger partial charge in [-0.2, -0.15) is 0 Å². The quantitative estimate of drug-likeness (QED) is 0.467. The van der Waals surface area contributed by atoms with Crippen molar-refractivity contribution in [2.75, 3.05) is 0 Å². The van der Waals surface area contributed by atoms with Gasteiger partial charge in [0, 0.05) is 10.5 Å². The number of hydrogen-bond donors (Lipinski definition) is 1. The van der Waals surface area contributed by atoms with Crippen LogP contribution in [0.3, 0.4) is 0 Å². The molecule has 152 valence electrons. The highest BCUT2D eigenvalue weighted by molar-refractivity contribution is 6.74. The SMILES string of the molecule is C=C(C)[C@]1(O)CCCCC[C@@H](O[Si](C)(C)C(C)(C)c2ccccc2)C1(C)C. The smallest absolute Gasteiger partial charge is 0.197 e. The fraction of sp³-hybridized carbons (Fsp3) is 0.667. The van der Waals surface area contributed by atoms with Crippen LogP contribution in [0.5, 0.6) is 0 Å². The molecule has 1 aromatic carbocycles. The van der Waals surface area contributed by atoms with E-state index in [4.69, 9.17) is 4.43 Å². The molecule has 3 heteroatoms. The van der Waals surface area contributed by atoms with E-state index in [-0.39, 0.29) is 16.6 Å². The summed E-state index contributed by atoms with van der Waals surface area (Å²) in [4.78, 5) is 0. The molecular weight excluding hydrogens is 348 g/mol. The summed E-state index contributed by atoms with van der Waals surface area (Å²) < 4.78 is 7.03. The molecule has 27 heavy (non-hydrogen) atoms. The maximum absolute atomic E-state index is 11.6. The van der Waals surface area contributed by atoms with Gasteiger partial charge in [-0.25, -0.2) is 0 Å². The monoisotopic (exact) mass is 388 g/mol. The van der Waals surface area contributed by atoms with Gasteiger partial charge in [0.1, 0.15) is 0 Å². The summed E-state index contributed by atoms with van der Waals surface area (Å²) in [5, 5.41) is 11.6. The highest BCUT2D eigenvalue weighted by Crippen LogP contribution is 2.48. The summed E-state index contributed by atoms with van der Waals surface area (Å²) in [6.45, 7) is 19.8. The lowest BCUT2D eigenvalue weighted by Gasteiger charge is -2.53. The third-order valence-electron chi connectivity index (χ3n) is 7.52. The van der Waals surface area contributed by atoms with Gasteiger partial charge in [0.2, 0.25) is 0 Å². The van der Waals surface area contributed by atoms with Crippen molar-refractivity contribution in [2.45, 2.75) is 96.6 Å². The van der Waals surface area contributed by atoms with Crippen LogP contribution in [0.1, 0.15) is 72.3 Å². The first-order valence-electron chi connectivity index (χ1n) is 10.5. The number of aliphatic hydroxyl groups is 1. The standard InChI is InChI=1S/C24H40O2Si/c1-19(2)24(25)18-14-10-13-17-21(22(24,3)4)26-27(7,8)23(5,6)20-15-11-9-12-16-20/h9,11-12,15-16,21,25H,1,10,13-14,17-18H2,2-8H3/t21-,24-/m1/s1. The predicted molar refractivity (Wildman–Crippen MR) is 118 cm³/mol. The lowest BCUT2D eigenvalue weighted by Crippen LogP contribution is -2.59. The third kappa shape index (κ3) is 4.11. The molecule has 0 bridgehead atoms. The zero-order valence-corrected chi connectivity index (χ0v) is 19.6. The van der Waals surface area contributed by atoms with E-state index < -0.39 is 13.9 Å². The Hall–Kier alpha value is -0.903. The van der Waals surface area contributed by atoms with Crippen LogP contribution in [0.2, 0.25) is 13.1 Å². The molecule has 0 amide bonds. The van der Waals surface area contributed by atoms with Crippen molar-refractivity contribution in [3.05, 3.63) is 48.0 Å². The average molecular weight is 389 g/mol. The Morgan fingerprint density at radius 3 is 2.30 bits per heavy atom. The van der Waals surface area contributed by atoms with Gasteiger partial charge >= 0.3 is 0 Å². The molecule has 1 saturated carbocycles. The van der Waals surface area contributed by atoms with E-state index in [0.717, 1.165) is 37.7 Å². The number of benzene rings is 1. The fourth-order valence-electron chi connectivity index (χ4n) is 4.51. The van der Waals surface area contributed by atoms with Gasteiger partial charge in [0.25, 0.3) is 0 Å². The Labute approximate surface area is 168 Å². The van der Waals surface area contributed by atoms with Crippen LogP contribution in [0, 0.1) is 5.41 Å². The maximum atomic E-state index is 11.6. The van der Waals surface area contributed by atoms with Crippen molar-refractivity contribution in [3.63, 3.8) is 0 Å². The van der Waals surface area contributed by atoms with Crippen molar-refractivity contribution in [1.82, 2.24) is 0 Å². The molecule has 0 heterocycles. The second kappa shape index (κ2) is 7.85. The first-order valence-corrected chi connectivity index (χ1v) is 13.4. The zero-order chi connectivity index (χ0) is 20.5. The molecule has 0 saturated heterocycles. The highest BCUT2D eigenvalue weighted by atomic mass is 28.4. The van der Waals surface area contributed by atoms with Crippen LogP contribution in [0.25, 0.3) is 0 Å². The van der Waals surface area contributed by atoms with E-state index in [9.17, 15) is 5.11 Å². The van der Waals surface area contributed by atoms with Gasteiger partial charge in [-0.15, -0.1) is 0 Å². The fourth-order valence-corrected chi connectivity index (χ4v) is 6.79. The van der Waals surface area contributed by atoms with Crippen LogP contribution in [0.4, 0.5) is 0 Å². The van der Waals surface area contributed by atoms with Crippen molar-refractivity contribution in [2.24, 2.45) is 5.41 Å². The van der Waals surface area contributed by atoms with Gasteiger partial charge in [0.15, 0.2) is 8.32 Å². The summed E-state index contributed by atoms with van der Waals surface area (Å²) >= 11 is 0. The number of rotatable bonds is 5. The highest BCUT2D eigenvalue weighted by Gasteiger charge is 2.53. The van der Waals surface area contributed by atoms with Gasteiger partial charge in [-0.1, -0.05) is 83.9 Å². The Morgan fingerprint density at radius 1 is 1.15 bits per heavy atom. The van der Waals surface area contributed by atoms with Crippen LogP contribution >= 0.6 is 0 Å². The molecule has 2 atom stereocenters. The molecule has 1 N–H and O–H groups in total. The van der Waals surface area contributed by atoms with Gasteiger partial charge in [-0.05, 0) is 44.0 Å². The van der Waals surface area contributed by atoms with Crippen molar-refractivity contribution in [3.8, 4) is 0 Å². The normalized spacial score (nSPS) is 26.9. The third-order valence-corrected chi connectivity index (χ3v) is 11.7. The van der Waals surface area contributed by atoms with Gasteiger partial charge in [-0.3, -0.25) is 0 Å². The van der Waals surface area contributed by atoms with Crippen molar-refractivity contribution >= 4 is 8.32 Å². The Kier molecular flexibility index (Phi) is 6.51. The lowest BCUT2D eigenvalue weighted by molar-refractivity contribution is -0.110. The van der Waals surface area contributed by atoms with Gasteiger partial charge < -0.3 is 9.53 Å². The second-order valence-electron chi connectivity index (χ2n) is 10.1. The van der Waals surface area contributed by atoms with E-state index in [1.165, 1.54) is 5.56 Å². The zero-order valence-electron chi connectivity index (χ0n) is 18.6. The molecule has 2 nitrogen and oxygen atoms in total. The summed E-state index contributed by atoms with van der Waals surface area (Å²) in [6, 6.07) is 10.7. The Balaban J connectivity index is 2.38. The predicted octanol–water partition coefficient (Wildman–Crippen LogP) is 6.39. The van der Waals surface area contributed by atoms with E-state index in [0.29, 0.717) is 0 Å². The van der Waals surface area contributed by atoms with Gasteiger partial charge in [0.05, 0.1) is 11.7 Å². The minimum Gasteiger partial charge on any atom is -0.413 e. The van der Waals surface area contributed by atoms with Crippen molar-refractivity contribution in [1.29, 1.82) is 0 Å². The molecular formula is C24H40O2Si.